The smallest absolute Gasteiger partial charge is 0.335 e. The van der Waals surface area contributed by atoms with Crippen LogP contribution in [0.15, 0.2) is 133 Å². The van der Waals surface area contributed by atoms with Gasteiger partial charge in [0.2, 0.25) is 9.84 Å². The summed E-state index contributed by atoms with van der Waals surface area (Å²) in [6.07, 6.45) is 17.2. The second-order valence-corrected chi connectivity index (χ2v) is 13.1. The molecule has 47 heavy (non-hydrogen) atoms. The normalized spacial score (nSPS) is 13.9. The first kappa shape index (κ1) is 32.9. The lowest BCUT2D eigenvalue weighted by Gasteiger charge is -2.27. The highest BCUT2D eigenvalue weighted by Gasteiger charge is 2.29. The van der Waals surface area contributed by atoms with Crippen LogP contribution in [0.5, 0.6) is 0 Å². The molecular weight excluding hydrogens is 610 g/mol. The second-order valence-electron chi connectivity index (χ2n) is 11.2. The van der Waals surface area contributed by atoms with Crippen LogP contribution < -0.4 is 5.32 Å². The Bertz CT molecular complexity index is 1990. The molecular formula is C39H35NO6S. The summed E-state index contributed by atoms with van der Waals surface area (Å²) >= 11 is 0. The van der Waals surface area contributed by atoms with Crippen LogP contribution in [0.2, 0.25) is 0 Å². The largest absolute Gasteiger partial charge is 0.478 e. The Kier molecular flexibility index (Phi) is 10.3. The first-order chi connectivity index (χ1) is 22.7. The molecule has 3 aliphatic rings. The molecule has 1 aliphatic heterocycles. The van der Waals surface area contributed by atoms with Crippen LogP contribution in [-0.2, 0) is 29.1 Å². The van der Waals surface area contributed by atoms with E-state index in [4.69, 9.17) is 10.2 Å². The third kappa shape index (κ3) is 7.68. The molecule has 0 saturated carbocycles. The van der Waals surface area contributed by atoms with Crippen LogP contribution in [0, 0.1) is 6.92 Å². The highest BCUT2D eigenvalue weighted by atomic mass is 32.2. The van der Waals surface area contributed by atoms with Crippen LogP contribution in [0.4, 0.5) is 0 Å². The summed E-state index contributed by atoms with van der Waals surface area (Å²) in [7, 11) is -3.50. The lowest BCUT2D eigenvalue weighted by Crippen LogP contribution is -2.14. The number of hydrogen-bond acceptors (Lipinski definition) is 5. The van der Waals surface area contributed by atoms with Crippen molar-refractivity contribution in [2.75, 3.05) is 0 Å². The maximum Gasteiger partial charge on any atom is 0.335 e. The summed E-state index contributed by atoms with van der Waals surface area (Å²) < 4.78 is 26.5. The van der Waals surface area contributed by atoms with Crippen LogP contribution in [0.1, 0.15) is 55.0 Å². The van der Waals surface area contributed by atoms with Crippen LogP contribution >= 0.6 is 0 Å². The average molecular weight is 646 g/mol. The molecule has 7 nitrogen and oxygen atoms in total. The van der Waals surface area contributed by atoms with Crippen molar-refractivity contribution in [1.82, 2.24) is 5.32 Å². The van der Waals surface area contributed by atoms with Gasteiger partial charge in [-0.3, -0.25) is 0 Å². The van der Waals surface area contributed by atoms with Gasteiger partial charge in [-0.1, -0.05) is 72.8 Å². The molecule has 4 aromatic carbocycles. The topological polar surface area (TPSA) is 121 Å². The lowest BCUT2D eigenvalue weighted by atomic mass is 9.79. The van der Waals surface area contributed by atoms with Gasteiger partial charge in [0.1, 0.15) is 0 Å². The van der Waals surface area contributed by atoms with Gasteiger partial charge in [-0.15, -0.1) is 0 Å². The summed E-state index contributed by atoms with van der Waals surface area (Å²) in [5.74, 6) is -2.24. The molecule has 8 heteroatoms. The van der Waals surface area contributed by atoms with Gasteiger partial charge >= 0.3 is 11.9 Å². The molecule has 238 valence electrons. The fourth-order valence-electron chi connectivity index (χ4n) is 5.88. The van der Waals surface area contributed by atoms with Gasteiger partial charge in [-0.2, -0.15) is 0 Å². The zero-order valence-electron chi connectivity index (χ0n) is 25.9. The Balaban J connectivity index is 0.000000179. The van der Waals surface area contributed by atoms with E-state index in [-0.39, 0.29) is 11.1 Å². The molecule has 0 saturated heterocycles. The summed E-state index contributed by atoms with van der Waals surface area (Å²) in [6.45, 7) is 1.65. The van der Waals surface area contributed by atoms with Gasteiger partial charge in [0, 0.05) is 12.4 Å². The van der Waals surface area contributed by atoms with Crippen molar-refractivity contribution >= 4 is 26.7 Å². The minimum Gasteiger partial charge on any atom is -0.478 e. The minimum absolute atomic E-state index is 0.00241. The highest BCUT2D eigenvalue weighted by Crippen LogP contribution is 2.42. The van der Waals surface area contributed by atoms with Crippen molar-refractivity contribution < 1.29 is 28.2 Å². The molecule has 1 heterocycles. The summed E-state index contributed by atoms with van der Waals surface area (Å²) in [5.41, 5.74) is 8.01. The minimum atomic E-state index is -3.50. The summed E-state index contributed by atoms with van der Waals surface area (Å²) in [5, 5.41) is 20.2. The number of nitrogens with one attached hydrogen (secondary N) is 1. The molecule has 4 aromatic rings. The fourth-order valence-corrected chi connectivity index (χ4v) is 7.47. The van der Waals surface area contributed by atoms with Gasteiger partial charge in [-0.25, -0.2) is 18.0 Å². The standard InChI is InChI=1S/C24H20O2S.C9H8O4.C6H7N/c25-27(26,18-8-2-1-3-9-18)24-12-6-11-20-22-14-13-17-7-4-5-10-19(17)21(22)15-16-23(20)24;1-5-2-6(8(10)11)4-7(3-5)9(12)13;1-2-4-6-7-5-3-1/h1-5,7-10,12,15-16H,6,11,13-14H2;2-4H,1H3,(H,10,11)(H,12,13);1-7H. The number of rotatable bonds is 4. The zero-order chi connectivity index (χ0) is 33.4. The Morgan fingerprint density at radius 3 is 1.91 bits per heavy atom. The fraction of sp³-hybridized carbons (Fsp3) is 0.128. The quantitative estimate of drug-likeness (QED) is 0.207. The maximum atomic E-state index is 13.2. The van der Waals surface area contributed by atoms with E-state index in [1.54, 1.807) is 31.2 Å². The Morgan fingerprint density at radius 1 is 0.660 bits per heavy atom. The number of benzene rings is 4. The Labute approximate surface area is 274 Å². The lowest BCUT2D eigenvalue weighted by molar-refractivity contribution is 0.0696. The number of fused-ring (bicyclic) bond motifs is 5. The SMILES string of the molecule is C1=CC=CNC=C1.Cc1cc(C(=O)O)cc(C(=O)O)c1.O=S(=O)(C1=CCCc2c1ccc1c2CCc2ccccc2-1)c1ccccc1. The predicted octanol–water partition coefficient (Wildman–Crippen LogP) is 7.78. The summed E-state index contributed by atoms with van der Waals surface area (Å²) in [4.78, 5) is 21.9. The number of carbonyl (C=O) groups is 2. The van der Waals surface area contributed by atoms with E-state index < -0.39 is 21.8 Å². The van der Waals surface area contributed by atoms with E-state index >= 15 is 0 Å². The zero-order valence-corrected chi connectivity index (χ0v) is 26.7. The van der Waals surface area contributed by atoms with E-state index in [1.165, 1.54) is 39.9 Å². The number of sulfone groups is 1. The van der Waals surface area contributed by atoms with Gasteiger partial charge < -0.3 is 15.5 Å². The van der Waals surface area contributed by atoms with Crippen molar-refractivity contribution in [3.63, 3.8) is 0 Å². The molecule has 0 spiro atoms. The van der Waals surface area contributed by atoms with Gasteiger partial charge in [-0.05, 0) is 114 Å². The van der Waals surface area contributed by atoms with E-state index in [9.17, 15) is 18.0 Å². The Morgan fingerprint density at radius 2 is 1.26 bits per heavy atom. The summed E-state index contributed by atoms with van der Waals surface area (Å²) in [6, 6.07) is 25.4. The first-order valence-electron chi connectivity index (χ1n) is 15.2. The second kappa shape index (κ2) is 14.7. The van der Waals surface area contributed by atoms with Crippen molar-refractivity contribution in [2.45, 2.75) is 37.5 Å². The predicted molar refractivity (Wildman–Crippen MR) is 185 cm³/mol. The molecule has 0 unspecified atom stereocenters. The first-order valence-corrected chi connectivity index (χ1v) is 16.7. The van der Waals surface area contributed by atoms with Crippen LogP contribution in [-0.4, -0.2) is 30.6 Å². The third-order valence-corrected chi connectivity index (χ3v) is 9.86. The highest BCUT2D eigenvalue weighted by molar-refractivity contribution is 8.00. The molecule has 0 bridgehead atoms. The van der Waals surface area contributed by atoms with E-state index in [0.717, 1.165) is 37.3 Å². The van der Waals surface area contributed by atoms with E-state index in [1.807, 2.05) is 54.9 Å². The van der Waals surface area contributed by atoms with Crippen molar-refractivity contribution in [3.05, 3.63) is 167 Å². The third-order valence-electron chi connectivity index (χ3n) is 8.01. The molecule has 7 rings (SSSR count). The average Bonchev–Trinajstić information content (AvgIpc) is 3.42. The molecule has 0 amide bonds. The molecule has 0 atom stereocenters. The van der Waals surface area contributed by atoms with Gasteiger partial charge in [0.05, 0.1) is 20.9 Å². The molecule has 0 aromatic heterocycles. The van der Waals surface area contributed by atoms with E-state index in [0.29, 0.717) is 15.4 Å². The van der Waals surface area contributed by atoms with Gasteiger partial charge in [0.15, 0.2) is 0 Å². The number of aryl methyl sites for hydroxylation is 2. The maximum absolute atomic E-state index is 13.2. The van der Waals surface area contributed by atoms with Crippen LogP contribution in [0.25, 0.3) is 16.0 Å². The monoisotopic (exact) mass is 645 g/mol. The van der Waals surface area contributed by atoms with Crippen molar-refractivity contribution in [3.8, 4) is 11.1 Å². The molecule has 0 radical (unpaired) electrons. The van der Waals surface area contributed by atoms with Crippen molar-refractivity contribution in [1.29, 1.82) is 0 Å². The number of carboxylic acid groups (broad SMARTS) is 2. The number of carboxylic acids is 2. The Hall–Kier alpha value is -5.47. The number of hydrogen-bond donors (Lipinski definition) is 3. The molecule has 3 N–H and O–H groups in total. The molecule has 2 aliphatic carbocycles. The van der Waals surface area contributed by atoms with E-state index in [2.05, 4.69) is 35.6 Å². The van der Waals surface area contributed by atoms with Gasteiger partial charge in [0.25, 0.3) is 0 Å². The van der Waals surface area contributed by atoms with Crippen molar-refractivity contribution in [2.24, 2.45) is 0 Å². The number of allylic oxidation sites excluding steroid dienone is 5. The van der Waals surface area contributed by atoms with Crippen LogP contribution in [0.3, 0.4) is 0 Å². The molecule has 0 fully saturated rings. The number of aromatic carboxylic acids is 2.